The number of hydrogen-bond acceptors (Lipinski definition) is 4. The van der Waals surface area contributed by atoms with E-state index in [2.05, 4.69) is 10.3 Å². The number of carbonyl (C=O) groups excluding carboxylic acids is 1. The van der Waals surface area contributed by atoms with Crippen molar-refractivity contribution in [2.75, 3.05) is 26.4 Å². The van der Waals surface area contributed by atoms with Gasteiger partial charge in [0.15, 0.2) is 0 Å². The van der Waals surface area contributed by atoms with Crippen LogP contribution >= 0.6 is 0 Å². The molecule has 1 amide bonds. The van der Waals surface area contributed by atoms with E-state index in [9.17, 15) is 4.79 Å². The Balaban J connectivity index is 1.94. The van der Waals surface area contributed by atoms with E-state index in [1.54, 1.807) is 18.3 Å². The maximum absolute atomic E-state index is 12.0. The van der Waals surface area contributed by atoms with Crippen LogP contribution in [0.1, 0.15) is 23.7 Å². The molecule has 0 spiro atoms. The third-order valence-corrected chi connectivity index (χ3v) is 2.87. The molecule has 5 nitrogen and oxygen atoms in total. The number of nitrogens with one attached hydrogen (secondary N) is 1. The van der Waals surface area contributed by atoms with Crippen molar-refractivity contribution < 1.29 is 14.3 Å². The molecule has 1 fully saturated rings. The molecule has 1 saturated heterocycles. The SMILES string of the molecule is CCOc1ncccc1C(=O)NC[C@@H]1CCOC1. The number of hydrogen-bond donors (Lipinski definition) is 1. The lowest BCUT2D eigenvalue weighted by Crippen LogP contribution is -2.30. The second-order valence-corrected chi connectivity index (χ2v) is 4.23. The van der Waals surface area contributed by atoms with Crippen molar-refractivity contribution in [3.63, 3.8) is 0 Å². The quantitative estimate of drug-likeness (QED) is 0.854. The monoisotopic (exact) mass is 250 g/mol. The molecular formula is C13H18N2O3. The standard InChI is InChI=1S/C13H18N2O3/c1-2-18-13-11(4-3-6-14-13)12(16)15-8-10-5-7-17-9-10/h3-4,6,10H,2,5,7-9H2,1H3,(H,15,16)/t10-/m0/s1. The van der Waals surface area contributed by atoms with Gasteiger partial charge in [0.25, 0.3) is 5.91 Å². The Morgan fingerprint density at radius 3 is 3.28 bits per heavy atom. The van der Waals surface area contributed by atoms with Crippen molar-refractivity contribution in [1.82, 2.24) is 10.3 Å². The van der Waals surface area contributed by atoms with Gasteiger partial charge >= 0.3 is 0 Å². The fourth-order valence-corrected chi connectivity index (χ4v) is 1.89. The zero-order chi connectivity index (χ0) is 12.8. The minimum Gasteiger partial charge on any atom is -0.477 e. The zero-order valence-corrected chi connectivity index (χ0v) is 10.5. The first-order valence-electron chi connectivity index (χ1n) is 6.25. The predicted molar refractivity (Wildman–Crippen MR) is 66.7 cm³/mol. The summed E-state index contributed by atoms with van der Waals surface area (Å²) in [6.07, 6.45) is 2.62. The van der Waals surface area contributed by atoms with Gasteiger partial charge in [0.1, 0.15) is 5.56 Å². The van der Waals surface area contributed by atoms with Gasteiger partial charge in [-0.1, -0.05) is 0 Å². The summed E-state index contributed by atoms with van der Waals surface area (Å²) < 4.78 is 10.6. The lowest BCUT2D eigenvalue weighted by molar-refractivity contribution is 0.0940. The third-order valence-electron chi connectivity index (χ3n) is 2.87. The lowest BCUT2D eigenvalue weighted by Gasteiger charge is -2.11. The first-order chi connectivity index (χ1) is 8.81. The van der Waals surface area contributed by atoms with Crippen molar-refractivity contribution >= 4 is 5.91 Å². The Morgan fingerprint density at radius 1 is 1.67 bits per heavy atom. The van der Waals surface area contributed by atoms with Crippen LogP contribution in [0.3, 0.4) is 0 Å². The highest BCUT2D eigenvalue weighted by atomic mass is 16.5. The van der Waals surface area contributed by atoms with Crippen LogP contribution in [-0.2, 0) is 4.74 Å². The summed E-state index contributed by atoms with van der Waals surface area (Å²) in [5, 5.41) is 2.90. The second kappa shape index (κ2) is 6.35. The van der Waals surface area contributed by atoms with Gasteiger partial charge in [-0.05, 0) is 25.5 Å². The average Bonchev–Trinajstić information content (AvgIpc) is 2.90. The Bertz CT molecular complexity index is 403. The Kier molecular flexibility index (Phi) is 4.52. The van der Waals surface area contributed by atoms with Gasteiger partial charge in [-0.25, -0.2) is 4.98 Å². The summed E-state index contributed by atoms with van der Waals surface area (Å²) in [4.78, 5) is 16.1. The molecule has 2 rings (SSSR count). The van der Waals surface area contributed by atoms with Gasteiger partial charge in [0, 0.05) is 25.3 Å². The molecule has 1 atom stereocenters. The third kappa shape index (κ3) is 3.20. The largest absolute Gasteiger partial charge is 0.477 e. The van der Waals surface area contributed by atoms with E-state index in [4.69, 9.17) is 9.47 Å². The molecule has 2 heterocycles. The summed E-state index contributed by atoms with van der Waals surface area (Å²) in [6.45, 7) is 4.52. The van der Waals surface area contributed by atoms with Crippen LogP contribution in [0.2, 0.25) is 0 Å². The summed E-state index contributed by atoms with van der Waals surface area (Å²) in [6, 6.07) is 3.45. The number of ether oxygens (including phenoxy) is 2. The Morgan fingerprint density at radius 2 is 2.56 bits per heavy atom. The van der Waals surface area contributed by atoms with Gasteiger partial charge in [0.2, 0.25) is 5.88 Å². The minimum atomic E-state index is -0.140. The summed E-state index contributed by atoms with van der Waals surface area (Å²) >= 11 is 0. The molecular weight excluding hydrogens is 232 g/mol. The predicted octanol–water partition coefficient (Wildman–Crippen LogP) is 1.25. The molecule has 5 heteroatoms. The van der Waals surface area contributed by atoms with Crippen molar-refractivity contribution in [1.29, 1.82) is 0 Å². The molecule has 1 aliphatic heterocycles. The molecule has 1 aliphatic rings. The van der Waals surface area contributed by atoms with Gasteiger partial charge < -0.3 is 14.8 Å². The van der Waals surface area contributed by atoms with Gasteiger partial charge in [0.05, 0.1) is 13.2 Å². The Hall–Kier alpha value is -1.62. The molecule has 1 aromatic heterocycles. The van der Waals surface area contributed by atoms with Crippen molar-refractivity contribution in [3.05, 3.63) is 23.9 Å². The fourth-order valence-electron chi connectivity index (χ4n) is 1.89. The van der Waals surface area contributed by atoms with E-state index in [0.29, 0.717) is 30.5 Å². The number of rotatable bonds is 5. The van der Waals surface area contributed by atoms with Gasteiger partial charge in [-0.3, -0.25) is 4.79 Å². The van der Waals surface area contributed by atoms with E-state index in [1.165, 1.54) is 0 Å². The molecule has 0 saturated carbocycles. The molecule has 0 aliphatic carbocycles. The molecule has 1 N–H and O–H groups in total. The molecule has 1 aromatic rings. The smallest absolute Gasteiger partial charge is 0.256 e. The topological polar surface area (TPSA) is 60.5 Å². The Labute approximate surface area is 107 Å². The highest BCUT2D eigenvalue weighted by Crippen LogP contribution is 2.15. The fraction of sp³-hybridized carbons (Fsp3) is 0.538. The van der Waals surface area contributed by atoms with Crippen molar-refractivity contribution in [2.24, 2.45) is 5.92 Å². The maximum Gasteiger partial charge on any atom is 0.256 e. The summed E-state index contributed by atoms with van der Waals surface area (Å²) in [5.74, 6) is 0.666. The number of aromatic nitrogens is 1. The van der Waals surface area contributed by atoms with Crippen LogP contribution in [0.5, 0.6) is 5.88 Å². The summed E-state index contributed by atoms with van der Waals surface area (Å²) in [7, 11) is 0. The lowest BCUT2D eigenvalue weighted by atomic mass is 10.1. The van der Waals surface area contributed by atoms with Gasteiger partial charge in [-0.15, -0.1) is 0 Å². The molecule has 0 aromatic carbocycles. The number of pyridine rings is 1. The highest BCUT2D eigenvalue weighted by Gasteiger charge is 2.18. The number of nitrogens with zero attached hydrogens (tertiary/aromatic N) is 1. The van der Waals surface area contributed by atoms with Crippen LogP contribution in [-0.4, -0.2) is 37.3 Å². The average molecular weight is 250 g/mol. The number of amides is 1. The van der Waals surface area contributed by atoms with Gasteiger partial charge in [-0.2, -0.15) is 0 Å². The van der Waals surface area contributed by atoms with Crippen LogP contribution in [0.25, 0.3) is 0 Å². The first kappa shape index (κ1) is 12.8. The van der Waals surface area contributed by atoms with Crippen LogP contribution in [0.4, 0.5) is 0 Å². The number of carbonyl (C=O) groups is 1. The normalized spacial score (nSPS) is 18.6. The van der Waals surface area contributed by atoms with E-state index in [0.717, 1.165) is 19.6 Å². The minimum absolute atomic E-state index is 0.140. The van der Waals surface area contributed by atoms with Crippen LogP contribution in [0.15, 0.2) is 18.3 Å². The first-order valence-corrected chi connectivity index (χ1v) is 6.25. The van der Waals surface area contributed by atoms with E-state index >= 15 is 0 Å². The molecule has 0 bridgehead atoms. The zero-order valence-electron chi connectivity index (χ0n) is 10.5. The van der Waals surface area contributed by atoms with E-state index < -0.39 is 0 Å². The second-order valence-electron chi connectivity index (χ2n) is 4.23. The molecule has 0 unspecified atom stereocenters. The van der Waals surface area contributed by atoms with E-state index in [-0.39, 0.29) is 5.91 Å². The maximum atomic E-state index is 12.0. The van der Waals surface area contributed by atoms with Crippen LogP contribution < -0.4 is 10.1 Å². The van der Waals surface area contributed by atoms with Crippen LogP contribution in [0, 0.1) is 5.92 Å². The molecule has 0 radical (unpaired) electrons. The summed E-state index contributed by atoms with van der Waals surface area (Å²) in [5.41, 5.74) is 0.485. The molecule has 98 valence electrons. The van der Waals surface area contributed by atoms with E-state index in [1.807, 2.05) is 6.92 Å². The highest BCUT2D eigenvalue weighted by molar-refractivity contribution is 5.96. The van der Waals surface area contributed by atoms with Crippen molar-refractivity contribution in [2.45, 2.75) is 13.3 Å². The molecule has 18 heavy (non-hydrogen) atoms. The van der Waals surface area contributed by atoms with Crippen molar-refractivity contribution in [3.8, 4) is 5.88 Å².